The van der Waals surface area contributed by atoms with Crippen LogP contribution in [-0.4, -0.2) is 40.8 Å². The molecule has 0 bridgehead atoms. The van der Waals surface area contributed by atoms with Crippen molar-refractivity contribution in [1.29, 1.82) is 0 Å². The van der Waals surface area contributed by atoms with E-state index in [9.17, 15) is 0 Å². The lowest BCUT2D eigenvalue weighted by Gasteiger charge is -2.33. The first-order chi connectivity index (χ1) is 13.3. The second-order valence-electron chi connectivity index (χ2n) is 7.29. The van der Waals surface area contributed by atoms with Crippen molar-refractivity contribution in [3.8, 4) is 11.4 Å². The van der Waals surface area contributed by atoms with Crippen molar-refractivity contribution in [2.75, 3.05) is 24.6 Å². The molecule has 5 rings (SSSR count). The van der Waals surface area contributed by atoms with Crippen molar-refractivity contribution in [1.82, 2.24) is 15.0 Å². The Balaban J connectivity index is 1.59. The van der Waals surface area contributed by atoms with E-state index in [4.69, 9.17) is 14.7 Å². The van der Waals surface area contributed by atoms with Gasteiger partial charge in [0, 0.05) is 42.5 Å². The number of aromatic nitrogens is 3. The van der Waals surface area contributed by atoms with Crippen LogP contribution in [-0.2, 0) is 17.6 Å². The van der Waals surface area contributed by atoms with Gasteiger partial charge in [0.25, 0.3) is 0 Å². The number of anilines is 1. The highest BCUT2D eigenvalue weighted by Gasteiger charge is 2.27. The van der Waals surface area contributed by atoms with Crippen LogP contribution in [0.25, 0.3) is 21.6 Å². The lowest BCUT2D eigenvalue weighted by atomic mass is 10.1. The molecule has 140 valence electrons. The fourth-order valence-electron chi connectivity index (χ4n) is 4.30. The van der Waals surface area contributed by atoms with Crippen molar-refractivity contribution in [2.45, 2.75) is 45.1 Å². The Bertz CT molecular complexity index is 948. The van der Waals surface area contributed by atoms with Gasteiger partial charge in [0.05, 0.1) is 11.5 Å². The van der Waals surface area contributed by atoms with Crippen LogP contribution in [0.1, 0.15) is 36.6 Å². The van der Waals surface area contributed by atoms with E-state index in [0.717, 1.165) is 61.0 Å². The Morgan fingerprint density at radius 1 is 1.22 bits per heavy atom. The summed E-state index contributed by atoms with van der Waals surface area (Å²) in [6, 6.07) is 3.99. The molecule has 0 spiro atoms. The van der Waals surface area contributed by atoms with E-state index in [1.165, 1.54) is 28.7 Å². The molecule has 3 aromatic rings. The molecule has 0 saturated carbocycles. The highest BCUT2D eigenvalue weighted by Crippen LogP contribution is 2.42. The number of piperidine rings is 1. The number of nitrogens with zero attached hydrogens (tertiary/aromatic N) is 4. The molecule has 5 nitrogen and oxygen atoms in total. The molecule has 0 radical (unpaired) electrons. The molecular formula is C21H24N4OS. The maximum absolute atomic E-state index is 5.84. The summed E-state index contributed by atoms with van der Waals surface area (Å²) in [6.45, 7) is 4.86. The second-order valence-corrected chi connectivity index (χ2v) is 8.38. The quantitative estimate of drug-likeness (QED) is 0.677. The van der Waals surface area contributed by atoms with Gasteiger partial charge in [-0.15, -0.1) is 11.3 Å². The smallest absolute Gasteiger partial charge is 0.164 e. The summed E-state index contributed by atoms with van der Waals surface area (Å²) in [5.41, 5.74) is 2.48. The van der Waals surface area contributed by atoms with Crippen LogP contribution in [0.4, 0.5) is 5.82 Å². The third kappa shape index (κ3) is 3.11. The van der Waals surface area contributed by atoms with E-state index in [1.807, 2.05) is 29.7 Å². The highest BCUT2D eigenvalue weighted by molar-refractivity contribution is 7.19. The van der Waals surface area contributed by atoms with E-state index in [1.54, 1.807) is 6.20 Å². The molecule has 0 amide bonds. The van der Waals surface area contributed by atoms with Crippen molar-refractivity contribution in [3.63, 3.8) is 0 Å². The molecule has 1 aliphatic heterocycles. The standard InChI is InChI=1S/C21H24N4OS/c1-2-26-15-8-11-25(12-9-15)20-18-16-6-3-7-17(16)27-21(18)24-19(23-20)14-5-4-10-22-13-14/h4-5,10,13,15H,2-3,6-9,11-12H2,1H3. The Morgan fingerprint density at radius 2 is 2.11 bits per heavy atom. The van der Waals surface area contributed by atoms with E-state index < -0.39 is 0 Å². The summed E-state index contributed by atoms with van der Waals surface area (Å²) in [4.78, 5) is 19.3. The Hall–Kier alpha value is -2.05. The summed E-state index contributed by atoms with van der Waals surface area (Å²) in [7, 11) is 0. The lowest BCUT2D eigenvalue weighted by molar-refractivity contribution is 0.0459. The number of hydrogen-bond donors (Lipinski definition) is 0. The van der Waals surface area contributed by atoms with Crippen LogP contribution < -0.4 is 4.90 Å². The maximum atomic E-state index is 5.84. The number of hydrogen-bond acceptors (Lipinski definition) is 6. The van der Waals surface area contributed by atoms with Crippen molar-refractivity contribution >= 4 is 27.4 Å². The van der Waals surface area contributed by atoms with E-state index in [0.29, 0.717) is 6.10 Å². The molecule has 27 heavy (non-hydrogen) atoms. The second kappa shape index (κ2) is 7.17. The molecule has 3 aromatic heterocycles. The molecule has 1 fully saturated rings. The fourth-order valence-corrected chi connectivity index (χ4v) is 5.56. The Labute approximate surface area is 163 Å². The first-order valence-corrected chi connectivity index (χ1v) is 10.7. The molecule has 2 aliphatic rings. The SMILES string of the molecule is CCOC1CCN(c2nc(-c3cccnc3)nc3sc4c(c23)CCC4)CC1. The number of rotatable bonds is 4. The topological polar surface area (TPSA) is 51.1 Å². The van der Waals surface area contributed by atoms with Gasteiger partial charge in [-0.05, 0) is 56.7 Å². The van der Waals surface area contributed by atoms with E-state index in [2.05, 4.69) is 16.8 Å². The third-order valence-corrected chi connectivity index (χ3v) is 6.79. The van der Waals surface area contributed by atoms with Gasteiger partial charge >= 0.3 is 0 Å². The van der Waals surface area contributed by atoms with Gasteiger partial charge in [0.2, 0.25) is 0 Å². The molecule has 0 atom stereocenters. The Morgan fingerprint density at radius 3 is 2.89 bits per heavy atom. The summed E-state index contributed by atoms with van der Waals surface area (Å²) in [6.07, 6.45) is 9.76. The normalized spacial score (nSPS) is 17.6. The average molecular weight is 381 g/mol. The molecule has 1 aliphatic carbocycles. The largest absolute Gasteiger partial charge is 0.378 e. The van der Waals surface area contributed by atoms with Gasteiger partial charge in [-0.1, -0.05) is 0 Å². The van der Waals surface area contributed by atoms with Crippen LogP contribution in [0.3, 0.4) is 0 Å². The van der Waals surface area contributed by atoms with Crippen molar-refractivity contribution < 1.29 is 4.74 Å². The van der Waals surface area contributed by atoms with Crippen molar-refractivity contribution in [2.24, 2.45) is 0 Å². The predicted molar refractivity (Wildman–Crippen MR) is 110 cm³/mol. The van der Waals surface area contributed by atoms with Gasteiger partial charge < -0.3 is 9.64 Å². The fraction of sp³-hybridized carbons (Fsp3) is 0.476. The van der Waals surface area contributed by atoms with Crippen LogP contribution >= 0.6 is 11.3 Å². The number of ether oxygens (including phenoxy) is 1. The Kier molecular flexibility index (Phi) is 4.53. The number of thiophene rings is 1. The molecular weight excluding hydrogens is 356 g/mol. The van der Waals surface area contributed by atoms with Gasteiger partial charge in [-0.3, -0.25) is 4.98 Å². The minimum absolute atomic E-state index is 0.384. The molecule has 0 unspecified atom stereocenters. The molecule has 0 aromatic carbocycles. The zero-order valence-corrected chi connectivity index (χ0v) is 16.5. The van der Waals surface area contributed by atoms with Crippen LogP contribution in [0.2, 0.25) is 0 Å². The first kappa shape index (κ1) is 17.1. The first-order valence-electron chi connectivity index (χ1n) is 9.92. The minimum Gasteiger partial charge on any atom is -0.378 e. The maximum Gasteiger partial charge on any atom is 0.164 e. The highest BCUT2D eigenvalue weighted by atomic mass is 32.1. The number of pyridine rings is 1. The van der Waals surface area contributed by atoms with Crippen LogP contribution in [0, 0.1) is 0 Å². The summed E-state index contributed by atoms with van der Waals surface area (Å²) < 4.78 is 5.84. The number of fused-ring (bicyclic) bond motifs is 3. The van der Waals surface area contributed by atoms with Gasteiger partial charge in [-0.25, -0.2) is 9.97 Å². The van der Waals surface area contributed by atoms with Crippen LogP contribution in [0.15, 0.2) is 24.5 Å². The zero-order chi connectivity index (χ0) is 18.2. The molecule has 6 heteroatoms. The summed E-state index contributed by atoms with van der Waals surface area (Å²) in [5, 5.41) is 1.30. The molecule has 1 saturated heterocycles. The lowest BCUT2D eigenvalue weighted by Crippen LogP contribution is -2.37. The monoisotopic (exact) mass is 380 g/mol. The van der Waals surface area contributed by atoms with Crippen LogP contribution in [0.5, 0.6) is 0 Å². The van der Waals surface area contributed by atoms with Gasteiger partial charge in [0.15, 0.2) is 5.82 Å². The van der Waals surface area contributed by atoms with E-state index >= 15 is 0 Å². The average Bonchev–Trinajstić information content (AvgIpc) is 3.30. The minimum atomic E-state index is 0.384. The van der Waals surface area contributed by atoms with Gasteiger partial charge in [-0.2, -0.15) is 0 Å². The third-order valence-electron chi connectivity index (χ3n) is 5.61. The number of aryl methyl sites for hydroxylation is 2. The molecule has 4 heterocycles. The summed E-state index contributed by atoms with van der Waals surface area (Å²) >= 11 is 1.86. The van der Waals surface area contributed by atoms with Crippen molar-refractivity contribution in [3.05, 3.63) is 35.0 Å². The van der Waals surface area contributed by atoms with Gasteiger partial charge in [0.1, 0.15) is 10.6 Å². The summed E-state index contributed by atoms with van der Waals surface area (Å²) in [5.74, 6) is 1.91. The molecule has 0 N–H and O–H groups in total. The van der Waals surface area contributed by atoms with E-state index in [-0.39, 0.29) is 0 Å². The predicted octanol–water partition coefficient (Wildman–Crippen LogP) is 4.25. The zero-order valence-electron chi connectivity index (χ0n) is 15.6.